The van der Waals surface area contributed by atoms with E-state index in [4.69, 9.17) is 9.63 Å². The highest BCUT2D eigenvalue weighted by molar-refractivity contribution is 5.97. The maximum Gasteiger partial charge on any atom is 0.303 e. The third-order valence-electron chi connectivity index (χ3n) is 3.46. The zero-order valence-electron chi connectivity index (χ0n) is 10.9. The lowest BCUT2D eigenvalue weighted by Crippen LogP contribution is -2.50. The second kappa shape index (κ2) is 4.59. The predicted molar refractivity (Wildman–Crippen MR) is 68.2 cm³/mol. The number of hydrogen-bond donors (Lipinski definition) is 1. The van der Waals surface area contributed by atoms with Gasteiger partial charge in [-0.25, -0.2) is 4.98 Å². The number of rotatable bonds is 3. The molecular formula is C13H13N3O4. The second-order valence-corrected chi connectivity index (χ2v) is 5.02. The Morgan fingerprint density at radius 2 is 2.25 bits per heavy atom. The van der Waals surface area contributed by atoms with Crippen LogP contribution in [-0.4, -0.2) is 45.1 Å². The average Bonchev–Trinajstić information content (AvgIpc) is 2.74. The summed E-state index contributed by atoms with van der Waals surface area (Å²) < 4.78 is 4.99. The lowest BCUT2D eigenvalue weighted by Gasteiger charge is -2.38. The normalized spacial score (nSPS) is 15.3. The molecule has 1 N–H and O–H groups in total. The van der Waals surface area contributed by atoms with Gasteiger partial charge in [-0.15, -0.1) is 0 Å². The topological polar surface area (TPSA) is 96.5 Å². The van der Waals surface area contributed by atoms with Gasteiger partial charge in [0.25, 0.3) is 11.6 Å². The number of nitrogens with zero attached hydrogens (tertiary/aromatic N) is 3. The molecule has 0 aliphatic carbocycles. The number of aryl methyl sites for hydroxylation is 1. The summed E-state index contributed by atoms with van der Waals surface area (Å²) >= 11 is 0. The standard InChI is InChI=1S/C13H13N3O4/c1-7-10-3-9(4-14-12(10)20-15-7)13(19)16-5-8(6-16)2-11(17)18/h3-4,8H,2,5-6H2,1H3,(H,17,18). The van der Waals surface area contributed by atoms with Crippen LogP contribution in [0.25, 0.3) is 11.1 Å². The molecule has 20 heavy (non-hydrogen) atoms. The molecule has 0 bridgehead atoms. The van der Waals surface area contributed by atoms with E-state index in [1.54, 1.807) is 17.9 Å². The third-order valence-corrected chi connectivity index (χ3v) is 3.46. The highest BCUT2D eigenvalue weighted by Gasteiger charge is 2.32. The lowest BCUT2D eigenvalue weighted by molar-refractivity contribution is -0.139. The van der Waals surface area contributed by atoms with Gasteiger partial charge < -0.3 is 14.5 Å². The Bertz CT molecular complexity index is 688. The summed E-state index contributed by atoms with van der Waals surface area (Å²) in [5, 5.41) is 13.2. The van der Waals surface area contributed by atoms with Gasteiger partial charge in [-0.05, 0) is 13.0 Å². The molecule has 0 unspecified atom stereocenters. The quantitative estimate of drug-likeness (QED) is 0.900. The first-order valence-electron chi connectivity index (χ1n) is 6.27. The SMILES string of the molecule is Cc1noc2ncc(C(=O)N3CC(CC(=O)O)C3)cc12. The van der Waals surface area contributed by atoms with Crippen LogP contribution in [-0.2, 0) is 4.79 Å². The lowest BCUT2D eigenvalue weighted by atomic mass is 9.95. The first-order chi connectivity index (χ1) is 9.54. The fraction of sp³-hybridized carbons (Fsp3) is 0.385. The summed E-state index contributed by atoms with van der Waals surface area (Å²) in [6.45, 7) is 2.74. The molecule has 1 aliphatic heterocycles. The van der Waals surface area contributed by atoms with Crippen LogP contribution in [0.1, 0.15) is 22.5 Å². The van der Waals surface area contributed by atoms with E-state index in [1.165, 1.54) is 6.20 Å². The number of fused-ring (bicyclic) bond motifs is 1. The smallest absolute Gasteiger partial charge is 0.303 e. The van der Waals surface area contributed by atoms with Crippen LogP contribution in [0.4, 0.5) is 0 Å². The third kappa shape index (κ3) is 2.11. The van der Waals surface area contributed by atoms with E-state index in [9.17, 15) is 9.59 Å². The maximum atomic E-state index is 12.2. The van der Waals surface area contributed by atoms with Gasteiger partial charge in [-0.1, -0.05) is 5.16 Å². The molecule has 0 aromatic carbocycles. The molecule has 3 heterocycles. The van der Waals surface area contributed by atoms with Crippen molar-refractivity contribution in [3.63, 3.8) is 0 Å². The molecule has 0 spiro atoms. The summed E-state index contributed by atoms with van der Waals surface area (Å²) in [6, 6.07) is 1.71. The molecule has 7 nitrogen and oxygen atoms in total. The van der Waals surface area contributed by atoms with Crippen molar-refractivity contribution in [2.24, 2.45) is 5.92 Å². The number of amides is 1. The van der Waals surface area contributed by atoms with Gasteiger partial charge in [0.05, 0.1) is 23.1 Å². The summed E-state index contributed by atoms with van der Waals surface area (Å²) in [4.78, 5) is 28.5. The zero-order valence-corrected chi connectivity index (χ0v) is 10.9. The van der Waals surface area contributed by atoms with Crippen molar-refractivity contribution in [2.75, 3.05) is 13.1 Å². The minimum absolute atomic E-state index is 0.0467. The van der Waals surface area contributed by atoms with Gasteiger partial charge in [-0.3, -0.25) is 9.59 Å². The van der Waals surface area contributed by atoms with E-state index in [-0.39, 0.29) is 18.2 Å². The number of carboxylic acid groups (broad SMARTS) is 1. The van der Waals surface area contributed by atoms with Gasteiger partial charge >= 0.3 is 5.97 Å². The highest BCUT2D eigenvalue weighted by atomic mass is 16.5. The molecule has 2 aromatic heterocycles. The minimum Gasteiger partial charge on any atom is -0.481 e. The molecule has 7 heteroatoms. The van der Waals surface area contributed by atoms with E-state index >= 15 is 0 Å². The van der Waals surface area contributed by atoms with Crippen molar-refractivity contribution in [1.82, 2.24) is 15.0 Å². The first kappa shape index (κ1) is 12.6. The molecule has 1 amide bonds. The summed E-state index contributed by atoms with van der Waals surface area (Å²) in [5.74, 6) is -0.919. The second-order valence-electron chi connectivity index (χ2n) is 5.02. The molecule has 2 aromatic rings. The number of carbonyl (C=O) groups excluding carboxylic acids is 1. The van der Waals surface area contributed by atoms with E-state index < -0.39 is 5.97 Å². The molecular weight excluding hydrogens is 262 g/mol. The van der Waals surface area contributed by atoms with Gasteiger partial charge in [-0.2, -0.15) is 0 Å². The van der Waals surface area contributed by atoms with Crippen molar-refractivity contribution in [2.45, 2.75) is 13.3 Å². The Labute approximate surface area is 114 Å². The maximum absolute atomic E-state index is 12.2. The minimum atomic E-state index is -0.828. The van der Waals surface area contributed by atoms with Crippen LogP contribution in [0, 0.1) is 12.8 Å². The number of pyridine rings is 1. The van der Waals surface area contributed by atoms with Crippen LogP contribution >= 0.6 is 0 Å². The fourth-order valence-corrected chi connectivity index (χ4v) is 2.36. The van der Waals surface area contributed by atoms with E-state index in [0.29, 0.717) is 30.1 Å². The Balaban J connectivity index is 1.73. The molecule has 0 saturated carbocycles. The molecule has 1 aliphatic rings. The Morgan fingerprint density at radius 1 is 1.50 bits per heavy atom. The van der Waals surface area contributed by atoms with Gasteiger partial charge in [0.15, 0.2) is 0 Å². The zero-order chi connectivity index (χ0) is 14.3. The Hall–Kier alpha value is -2.44. The van der Waals surface area contributed by atoms with Gasteiger partial charge in [0.1, 0.15) is 0 Å². The van der Waals surface area contributed by atoms with Crippen LogP contribution in [0.5, 0.6) is 0 Å². The van der Waals surface area contributed by atoms with E-state index in [0.717, 1.165) is 5.39 Å². The average molecular weight is 275 g/mol. The van der Waals surface area contributed by atoms with E-state index in [1.807, 2.05) is 0 Å². The molecule has 3 rings (SSSR count). The number of carbonyl (C=O) groups is 2. The highest BCUT2D eigenvalue weighted by Crippen LogP contribution is 2.23. The van der Waals surface area contributed by atoms with Crippen molar-refractivity contribution in [3.8, 4) is 0 Å². The molecule has 0 atom stereocenters. The molecule has 0 radical (unpaired) electrons. The van der Waals surface area contributed by atoms with E-state index in [2.05, 4.69) is 10.1 Å². The molecule has 1 saturated heterocycles. The van der Waals surface area contributed by atoms with Crippen molar-refractivity contribution in [1.29, 1.82) is 0 Å². The largest absolute Gasteiger partial charge is 0.481 e. The summed E-state index contributed by atoms with van der Waals surface area (Å²) in [6.07, 6.45) is 1.56. The van der Waals surface area contributed by atoms with Crippen LogP contribution in [0.2, 0.25) is 0 Å². The molecule has 104 valence electrons. The Morgan fingerprint density at radius 3 is 2.95 bits per heavy atom. The first-order valence-corrected chi connectivity index (χ1v) is 6.27. The van der Waals surface area contributed by atoms with Gasteiger partial charge in [0, 0.05) is 25.2 Å². The number of aromatic nitrogens is 2. The number of hydrogen-bond acceptors (Lipinski definition) is 5. The number of carboxylic acids is 1. The predicted octanol–water partition coefficient (Wildman–Crippen LogP) is 1.08. The van der Waals surface area contributed by atoms with Crippen LogP contribution in [0.3, 0.4) is 0 Å². The number of aliphatic carboxylic acids is 1. The van der Waals surface area contributed by atoms with Crippen molar-refractivity contribution in [3.05, 3.63) is 23.5 Å². The van der Waals surface area contributed by atoms with Gasteiger partial charge in [0.2, 0.25) is 0 Å². The summed E-state index contributed by atoms with van der Waals surface area (Å²) in [5.41, 5.74) is 1.57. The Kier molecular flexibility index (Phi) is 2.89. The van der Waals surface area contributed by atoms with Crippen molar-refractivity contribution < 1.29 is 19.2 Å². The molecule has 1 fully saturated rings. The number of likely N-dealkylation sites (tertiary alicyclic amines) is 1. The summed E-state index contributed by atoms with van der Waals surface area (Å²) in [7, 11) is 0. The van der Waals surface area contributed by atoms with Crippen LogP contribution in [0.15, 0.2) is 16.8 Å². The van der Waals surface area contributed by atoms with Crippen LogP contribution < -0.4 is 0 Å². The van der Waals surface area contributed by atoms with Crippen molar-refractivity contribution >= 4 is 23.0 Å². The monoisotopic (exact) mass is 275 g/mol. The fourth-order valence-electron chi connectivity index (χ4n) is 2.36.